The normalized spacial score (nSPS) is 14.2. The van der Waals surface area contributed by atoms with Gasteiger partial charge in [-0.25, -0.2) is 4.79 Å². The molecule has 0 radical (unpaired) electrons. The minimum absolute atomic E-state index is 0.152. The number of nitrogens with two attached hydrogens (primary N) is 2. The van der Waals surface area contributed by atoms with Gasteiger partial charge in [0.1, 0.15) is 11.4 Å². The highest BCUT2D eigenvalue weighted by Gasteiger charge is 2.39. The van der Waals surface area contributed by atoms with Crippen molar-refractivity contribution in [3.63, 3.8) is 0 Å². The van der Waals surface area contributed by atoms with Crippen LogP contribution in [0.3, 0.4) is 0 Å². The molecule has 0 aliphatic heterocycles. The lowest BCUT2D eigenvalue weighted by atomic mass is 10.1. The molecule has 35 heavy (non-hydrogen) atoms. The molecule has 0 saturated heterocycles. The molecule has 1 saturated carbocycles. The van der Waals surface area contributed by atoms with Gasteiger partial charge in [-0.05, 0) is 88.4 Å². The van der Waals surface area contributed by atoms with Gasteiger partial charge < -0.3 is 31.2 Å². The van der Waals surface area contributed by atoms with Gasteiger partial charge in [-0.15, -0.1) is 0 Å². The standard InChI is InChI=1S/C27H38N4O4/c1-26(2,3)35-25(33)31(17-4-16-30-24(32)20-6-10-22(28)11-7-20)18-5-19-34-23-12-8-21(9-13-23)27(29)14-15-27/h6-13H,4-5,14-19,28-29H2,1-3H3,(H,30,32). The second-order valence-electron chi connectivity index (χ2n) is 10.1. The molecule has 2 aromatic rings. The number of carbonyl (C=O) groups excluding carboxylic acids is 2. The number of benzene rings is 2. The van der Waals surface area contributed by atoms with Crippen LogP contribution in [0.25, 0.3) is 0 Å². The predicted octanol–water partition coefficient (Wildman–Crippen LogP) is 4.04. The van der Waals surface area contributed by atoms with Gasteiger partial charge in [0, 0.05) is 36.4 Å². The highest BCUT2D eigenvalue weighted by molar-refractivity contribution is 5.94. The SMILES string of the molecule is CC(C)(C)OC(=O)N(CCCNC(=O)c1ccc(N)cc1)CCCOc1ccc(C2(N)CC2)cc1. The van der Waals surface area contributed by atoms with Crippen LogP contribution < -0.4 is 21.5 Å². The van der Waals surface area contributed by atoms with Crippen LogP contribution in [0.2, 0.25) is 0 Å². The molecular weight excluding hydrogens is 444 g/mol. The number of carbonyl (C=O) groups is 2. The summed E-state index contributed by atoms with van der Waals surface area (Å²) in [6.07, 6.45) is 2.93. The third-order valence-electron chi connectivity index (χ3n) is 5.77. The summed E-state index contributed by atoms with van der Waals surface area (Å²) in [7, 11) is 0. The number of nitrogens with zero attached hydrogens (tertiary/aromatic N) is 1. The lowest BCUT2D eigenvalue weighted by molar-refractivity contribution is 0.0240. The van der Waals surface area contributed by atoms with Gasteiger partial charge in [0.2, 0.25) is 0 Å². The molecule has 0 spiro atoms. The summed E-state index contributed by atoms with van der Waals surface area (Å²) >= 11 is 0. The maximum absolute atomic E-state index is 12.7. The van der Waals surface area contributed by atoms with Gasteiger partial charge in [0.15, 0.2) is 0 Å². The van der Waals surface area contributed by atoms with Crippen molar-refractivity contribution in [2.24, 2.45) is 5.73 Å². The van der Waals surface area contributed by atoms with Gasteiger partial charge >= 0.3 is 6.09 Å². The Kier molecular flexibility index (Phi) is 8.62. The number of rotatable bonds is 11. The molecule has 0 unspecified atom stereocenters. The summed E-state index contributed by atoms with van der Waals surface area (Å²) in [4.78, 5) is 26.6. The molecule has 190 valence electrons. The predicted molar refractivity (Wildman–Crippen MR) is 137 cm³/mol. The number of nitrogens with one attached hydrogen (secondary N) is 1. The van der Waals surface area contributed by atoms with E-state index in [1.54, 1.807) is 29.2 Å². The first-order chi connectivity index (χ1) is 16.6. The highest BCUT2D eigenvalue weighted by Crippen LogP contribution is 2.42. The third kappa shape index (κ3) is 8.47. The van der Waals surface area contributed by atoms with Crippen LogP contribution in [-0.4, -0.2) is 48.7 Å². The third-order valence-corrected chi connectivity index (χ3v) is 5.77. The smallest absolute Gasteiger partial charge is 0.410 e. The molecule has 8 nitrogen and oxygen atoms in total. The average Bonchev–Trinajstić information content (AvgIpc) is 3.56. The Morgan fingerprint density at radius 3 is 2.23 bits per heavy atom. The molecule has 3 rings (SSSR count). The average molecular weight is 483 g/mol. The van der Waals surface area contributed by atoms with E-state index in [4.69, 9.17) is 20.9 Å². The van der Waals surface area contributed by atoms with Gasteiger partial charge in [0.05, 0.1) is 6.61 Å². The fraction of sp³-hybridized carbons (Fsp3) is 0.481. The highest BCUT2D eigenvalue weighted by atomic mass is 16.6. The summed E-state index contributed by atoms with van der Waals surface area (Å²) in [5, 5.41) is 2.88. The molecule has 1 fully saturated rings. The Labute approximate surface area is 207 Å². The second kappa shape index (κ2) is 11.4. The molecule has 0 atom stereocenters. The summed E-state index contributed by atoms with van der Waals surface area (Å²) < 4.78 is 11.4. The van der Waals surface area contributed by atoms with Gasteiger partial charge in [-0.1, -0.05) is 12.1 Å². The van der Waals surface area contributed by atoms with Crippen LogP contribution in [0.15, 0.2) is 48.5 Å². The number of amides is 2. The van der Waals surface area contributed by atoms with Crippen molar-refractivity contribution in [2.75, 3.05) is 32.0 Å². The maximum Gasteiger partial charge on any atom is 0.410 e. The van der Waals surface area contributed by atoms with Crippen LogP contribution in [0, 0.1) is 0 Å². The van der Waals surface area contributed by atoms with E-state index in [0.29, 0.717) is 50.3 Å². The molecule has 0 bridgehead atoms. The van der Waals surface area contributed by atoms with Crippen LogP contribution in [0.1, 0.15) is 62.4 Å². The molecule has 0 heterocycles. The Balaban J connectivity index is 1.43. The quantitative estimate of drug-likeness (QED) is 0.328. The lowest BCUT2D eigenvalue weighted by Crippen LogP contribution is -2.39. The molecule has 2 aromatic carbocycles. The van der Waals surface area contributed by atoms with Crippen molar-refractivity contribution in [3.05, 3.63) is 59.7 Å². The van der Waals surface area contributed by atoms with E-state index in [1.807, 2.05) is 45.0 Å². The zero-order valence-electron chi connectivity index (χ0n) is 21.0. The van der Waals surface area contributed by atoms with Crippen molar-refractivity contribution in [1.82, 2.24) is 10.2 Å². The molecule has 1 aliphatic carbocycles. The number of nitrogen functional groups attached to an aromatic ring is 1. The van der Waals surface area contributed by atoms with E-state index in [2.05, 4.69) is 5.32 Å². The first-order valence-electron chi connectivity index (χ1n) is 12.2. The Morgan fingerprint density at radius 1 is 1.00 bits per heavy atom. The zero-order valence-corrected chi connectivity index (χ0v) is 21.0. The minimum atomic E-state index is -0.584. The van der Waals surface area contributed by atoms with E-state index in [9.17, 15) is 9.59 Å². The maximum atomic E-state index is 12.7. The Bertz CT molecular complexity index is 980. The van der Waals surface area contributed by atoms with Crippen molar-refractivity contribution >= 4 is 17.7 Å². The van der Waals surface area contributed by atoms with Crippen molar-refractivity contribution < 1.29 is 19.1 Å². The van der Waals surface area contributed by atoms with E-state index in [-0.39, 0.29) is 17.5 Å². The second-order valence-corrected chi connectivity index (χ2v) is 10.1. The largest absolute Gasteiger partial charge is 0.494 e. The van der Waals surface area contributed by atoms with E-state index >= 15 is 0 Å². The van der Waals surface area contributed by atoms with Crippen LogP contribution in [0.5, 0.6) is 5.75 Å². The number of hydrogen-bond donors (Lipinski definition) is 3. The molecular formula is C27H38N4O4. The van der Waals surface area contributed by atoms with Crippen molar-refractivity contribution in [3.8, 4) is 5.75 Å². The van der Waals surface area contributed by atoms with E-state index in [1.165, 1.54) is 0 Å². The fourth-order valence-electron chi connectivity index (χ4n) is 3.58. The lowest BCUT2D eigenvalue weighted by Gasteiger charge is -2.27. The van der Waals surface area contributed by atoms with E-state index < -0.39 is 5.60 Å². The molecule has 8 heteroatoms. The van der Waals surface area contributed by atoms with Crippen molar-refractivity contribution in [1.29, 1.82) is 0 Å². The Morgan fingerprint density at radius 2 is 1.63 bits per heavy atom. The summed E-state index contributed by atoms with van der Waals surface area (Å²) in [6, 6.07) is 14.7. The zero-order chi connectivity index (χ0) is 25.5. The topological polar surface area (TPSA) is 120 Å². The van der Waals surface area contributed by atoms with Gasteiger partial charge in [-0.3, -0.25) is 4.79 Å². The molecule has 1 aliphatic rings. The first-order valence-corrected chi connectivity index (χ1v) is 12.2. The van der Waals surface area contributed by atoms with Crippen molar-refractivity contribution in [2.45, 2.75) is 57.6 Å². The Hall–Kier alpha value is -3.26. The first kappa shape index (κ1) is 26.3. The summed E-state index contributed by atoms with van der Waals surface area (Å²) in [5.41, 5.74) is 13.5. The van der Waals surface area contributed by atoms with Gasteiger partial charge in [0.25, 0.3) is 5.91 Å². The molecule has 2 amide bonds. The summed E-state index contributed by atoms with van der Waals surface area (Å²) in [5.74, 6) is 0.614. The fourth-order valence-corrected chi connectivity index (χ4v) is 3.58. The molecule has 5 N–H and O–H groups in total. The number of ether oxygens (including phenoxy) is 2. The monoisotopic (exact) mass is 482 g/mol. The van der Waals surface area contributed by atoms with E-state index in [0.717, 1.165) is 24.2 Å². The van der Waals surface area contributed by atoms with Gasteiger partial charge in [-0.2, -0.15) is 0 Å². The number of anilines is 1. The minimum Gasteiger partial charge on any atom is -0.494 e. The summed E-state index contributed by atoms with van der Waals surface area (Å²) in [6.45, 7) is 7.39. The van der Waals surface area contributed by atoms with Crippen LogP contribution >= 0.6 is 0 Å². The van der Waals surface area contributed by atoms with Crippen LogP contribution in [0.4, 0.5) is 10.5 Å². The number of hydrogen-bond acceptors (Lipinski definition) is 6. The van der Waals surface area contributed by atoms with Crippen LogP contribution in [-0.2, 0) is 10.3 Å². The molecule has 0 aromatic heterocycles.